The standard InChI is InChI=1S/C23H27N3O2/c1-17(26-14-12-18-7-4-5-10-21(18)26)23(28)24-15-19-8-2-3-9-20(19)16-25-13-6-11-22(25)27/h2-5,7-10,17H,6,11-16H2,1H3,(H,24,28)/t17-/m1/s1. The molecule has 2 aliphatic rings. The van der Waals surface area contributed by atoms with Crippen molar-refractivity contribution in [2.75, 3.05) is 18.0 Å². The summed E-state index contributed by atoms with van der Waals surface area (Å²) in [6, 6.07) is 16.1. The highest BCUT2D eigenvalue weighted by atomic mass is 16.2. The van der Waals surface area contributed by atoms with Gasteiger partial charge < -0.3 is 15.1 Å². The number of carbonyl (C=O) groups is 2. The molecule has 1 N–H and O–H groups in total. The number of anilines is 1. The van der Waals surface area contributed by atoms with Crippen molar-refractivity contribution in [1.82, 2.24) is 10.2 Å². The molecule has 5 nitrogen and oxygen atoms in total. The number of nitrogens with zero attached hydrogens (tertiary/aromatic N) is 2. The van der Waals surface area contributed by atoms with Crippen LogP contribution in [0.4, 0.5) is 5.69 Å². The predicted molar refractivity (Wildman–Crippen MR) is 110 cm³/mol. The van der Waals surface area contributed by atoms with Gasteiger partial charge in [-0.15, -0.1) is 0 Å². The third-order valence-electron chi connectivity index (χ3n) is 5.87. The van der Waals surface area contributed by atoms with Crippen molar-refractivity contribution in [2.24, 2.45) is 0 Å². The maximum Gasteiger partial charge on any atom is 0.242 e. The van der Waals surface area contributed by atoms with Crippen molar-refractivity contribution in [3.63, 3.8) is 0 Å². The van der Waals surface area contributed by atoms with Crippen LogP contribution < -0.4 is 10.2 Å². The van der Waals surface area contributed by atoms with Crippen LogP contribution in [0.3, 0.4) is 0 Å². The number of amides is 2. The molecule has 2 aromatic carbocycles. The van der Waals surface area contributed by atoms with Crippen LogP contribution in [0.2, 0.25) is 0 Å². The maximum atomic E-state index is 12.8. The van der Waals surface area contributed by atoms with Gasteiger partial charge in [-0.2, -0.15) is 0 Å². The predicted octanol–water partition coefficient (Wildman–Crippen LogP) is 2.88. The van der Waals surface area contributed by atoms with Gasteiger partial charge >= 0.3 is 0 Å². The second-order valence-electron chi connectivity index (χ2n) is 7.65. The largest absolute Gasteiger partial charge is 0.359 e. The van der Waals surface area contributed by atoms with E-state index in [1.165, 1.54) is 5.56 Å². The number of fused-ring (bicyclic) bond motifs is 1. The fourth-order valence-electron chi connectivity index (χ4n) is 4.20. The summed E-state index contributed by atoms with van der Waals surface area (Å²) in [4.78, 5) is 28.8. The first-order chi connectivity index (χ1) is 13.6. The van der Waals surface area contributed by atoms with Crippen LogP contribution in [-0.4, -0.2) is 35.8 Å². The Morgan fingerprint density at radius 1 is 1.04 bits per heavy atom. The average molecular weight is 377 g/mol. The van der Waals surface area contributed by atoms with E-state index in [9.17, 15) is 9.59 Å². The maximum absolute atomic E-state index is 12.8. The second kappa shape index (κ2) is 8.05. The fraction of sp³-hybridized carbons (Fsp3) is 0.391. The minimum atomic E-state index is -0.212. The third kappa shape index (κ3) is 3.75. The normalized spacial score (nSPS) is 17.0. The lowest BCUT2D eigenvalue weighted by molar-refractivity contribution is -0.128. The number of nitrogens with one attached hydrogen (secondary N) is 1. The van der Waals surface area contributed by atoms with Crippen molar-refractivity contribution >= 4 is 17.5 Å². The number of benzene rings is 2. The SMILES string of the molecule is C[C@H](C(=O)NCc1ccccc1CN1CCCC1=O)N1CCc2ccccc21. The summed E-state index contributed by atoms with van der Waals surface area (Å²) in [6.07, 6.45) is 2.57. The molecule has 0 radical (unpaired) electrons. The van der Waals surface area contributed by atoms with E-state index in [1.54, 1.807) is 0 Å². The van der Waals surface area contributed by atoms with Gasteiger partial charge in [0.05, 0.1) is 0 Å². The monoisotopic (exact) mass is 377 g/mol. The van der Waals surface area contributed by atoms with E-state index in [1.807, 2.05) is 42.2 Å². The molecular formula is C23H27N3O2. The molecule has 2 aromatic rings. The molecule has 1 fully saturated rings. The molecule has 1 atom stereocenters. The number of hydrogen-bond acceptors (Lipinski definition) is 3. The van der Waals surface area contributed by atoms with Crippen LogP contribution in [0.25, 0.3) is 0 Å². The molecule has 0 bridgehead atoms. The van der Waals surface area contributed by atoms with Gasteiger partial charge in [-0.3, -0.25) is 9.59 Å². The first-order valence-electron chi connectivity index (χ1n) is 10.1. The Balaban J connectivity index is 1.39. The van der Waals surface area contributed by atoms with Gasteiger partial charge in [0, 0.05) is 38.3 Å². The van der Waals surface area contributed by atoms with Crippen LogP contribution in [-0.2, 0) is 29.1 Å². The topological polar surface area (TPSA) is 52.7 Å². The summed E-state index contributed by atoms with van der Waals surface area (Å²) in [5, 5.41) is 3.10. The summed E-state index contributed by atoms with van der Waals surface area (Å²) in [6.45, 7) is 4.77. The molecular weight excluding hydrogens is 350 g/mol. The van der Waals surface area contributed by atoms with Crippen LogP contribution in [0, 0.1) is 0 Å². The van der Waals surface area contributed by atoms with Gasteiger partial charge in [-0.25, -0.2) is 0 Å². The molecule has 0 unspecified atom stereocenters. The molecule has 2 amide bonds. The Morgan fingerprint density at radius 3 is 2.57 bits per heavy atom. The third-order valence-corrected chi connectivity index (χ3v) is 5.87. The molecule has 1 saturated heterocycles. The van der Waals surface area contributed by atoms with Crippen molar-refractivity contribution in [2.45, 2.75) is 45.3 Å². The molecule has 0 spiro atoms. The highest BCUT2D eigenvalue weighted by Crippen LogP contribution is 2.29. The Kier molecular flexibility index (Phi) is 5.33. The van der Waals surface area contributed by atoms with Crippen LogP contribution in [0.1, 0.15) is 36.5 Å². The number of carbonyl (C=O) groups excluding carboxylic acids is 2. The van der Waals surface area contributed by atoms with E-state index in [0.717, 1.165) is 42.7 Å². The lowest BCUT2D eigenvalue weighted by Crippen LogP contribution is -2.44. The van der Waals surface area contributed by atoms with Crippen molar-refractivity contribution in [1.29, 1.82) is 0 Å². The van der Waals surface area contributed by atoms with Gasteiger partial charge in [0.25, 0.3) is 0 Å². The summed E-state index contributed by atoms with van der Waals surface area (Å²) in [5.41, 5.74) is 4.66. The summed E-state index contributed by atoms with van der Waals surface area (Å²) in [5.74, 6) is 0.254. The number of para-hydroxylation sites is 1. The van der Waals surface area contributed by atoms with Gasteiger partial charge in [-0.05, 0) is 42.5 Å². The molecule has 0 saturated carbocycles. The quantitative estimate of drug-likeness (QED) is 0.842. The molecule has 4 rings (SSSR count). The molecule has 2 heterocycles. The number of hydrogen-bond donors (Lipinski definition) is 1. The molecule has 0 aromatic heterocycles. The Bertz CT molecular complexity index is 880. The first-order valence-corrected chi connectivity index (χ1v) is 10.1. The summed E-state index contributed by atoms with van der Waals surface area (Å²) >= 11 is 0. The minimum Gasteiger partial charge on any atom is -0.359 e. The van der Waals surface area contributed by atoms with Crippen molar-refractivity contribution in [3.8, 4) is 0 Å². The zero-order valence-electron chi connectivity index (χ0n) is 16.4. The molecule has 28 heavy (non-hydrogen) atoms. The second-order valence-corrected chi connectivity index (χ2v) is 7.65. The van der Waals surface area contributed by atoms with Gasteiger partial charge in [0.1, 0.15) is 6.04 Å². The average Bonchev–Trinajstić information content (AvgIpc) is 3.33. The van der Waals surface area contributed by atoms with E-state index in [0.29, 0.717) is 19.5 Å². The molecule has 146 valence electrons. The summed E-state index contributed by atoms with van der Waals surface area (Å²) < 4.78 is 0. The van der Waals surface area contributed by atoms with E-state index >= 15 is 0 Å². The highest BCUT2D eigenvalue weighted by Gasteiger charge is 2.27. The first kappa shape index (κ1) is 18.5. The lowest BCUT2D eigenvalue weighted by Gasteiger charge is -2.26. The smallest absolute Gasteiger partial charge is 0.242 e. The fourth-order valence-corrected chi connectivity index (χ4v) is 4.20. The van der Waals surface area contributed by atoms with Gasteiger partial charge in [0.15, 0.2) is 0 Å². The van der Waals surface area contributed by atoms with Crippen LogP contribution >= 0.6 is 0 Å². The molecule has 2 aliphatic heterocycles. The summed E-state index contributed by atoms with van der Waals surface area (Å²) in [7, 11) is 0. The van der Waals surface area contributed by atoms with E-state index in [4.69, 9.17) is 0 Å². The lowest BCUT2D eigenvalue weighted by atomic mass is 10.1. The Hall–Kier alpha value is -2.82. The van der Waals surface area contributed by atoms with E-state index in [-0.39, 0.29) is 17.9 Å². The Morgan fingerprint density at radius 2 is 1.79 bits per heavy atom. The van der Waals surface area contributed by atoms with Gasteiger partial charge in [-0.1, -0.05) is 42.5 Å². The Labute approximate surface area is 166 Å². The molecule has 0 aliphatic carbocycles. The zero-order valence-corrected chi connectivity index (χ0v) is 16.4. The number of likely N-dealkylation sites (tertiary alicyclic amines) is 1. The number of rotatable bonds is 6. The molecule has 5 heteroatoms. The van der Waals surface area contributed by atoms with E-state index in [2.05, 4.69) is 28.4 Å². The highest BCUT2D eigenvalue weighted by molar-refractivity contribution is 5.85. The zero-order chi connectivity index (χ0) is 19.5. The van der Waals surface area contributed by atoms with Crippen molar-refractivity contribution < 1.29 is 9.59 Å². The van der Waals surface area contributed by atoms with E-state index < -0.39 is 0 Å². The van der Waals surface area contributed by atoms with Gasteiger partial charge in [0.2, 0.25) is 11.8 Å². The van der Waals surface area contributed by atoms with Crippen LogP contribution in [0.15, 0.2) is 48.5 Å². The van der Waals surface area contributed by atoms with Crippen LogP contribution in [0.5, 0.6) is 0 Å². The minimum absolute atomic E-state index is 0.0313. The van der Waals surface area contributed by atoms with Crippen molar-refractivity contribution in [3.05, 3.63) is 65.2 Å².